The Labute approximate surface area is 122 Å². The van der Waals surface area contributed by atoms with Gasteiger partial charge in [0.25, 0.3) is 0 Å². The Morgan fingerprint density at radius 1 is 1.05 bits per heavy atom. The number of halogens is 6. The quantitative estimate of drug-likeness (QED) is 0.842. The molecule has 1 aromatic rings. The predicted octanol–water partition coefficient (Wildman–Crippen LogP) is 3.54. The molecule has 1 unspecified atom stereocenters. The second kappa shape index (κ2) is 5.65. The lowest BCUT2D eigenvalue weighted by atomic mass is 10.1. The summed E-state index contributed by atoms with van der Waals surface area (Å²) in [6.07, 6.45) is 0. The van der Waals surface area contributed by atoms with Crippen molar-refractivity contribution >= 4 is 44.8 Å². The van der Waals surface area contributed by atoms with Crippen LogP contribution >= 0.6 is 34.8 Å². The number of benzene rings is 1. The molecule has 10 heteroatoms. The molecule has 19 heavy (non-hydrogen) atoms. The van der Waals surface area contributed by atoms with Crippen LogP contribution in [0.5, 0.6) is 0 Å². The second-order valence-corrected chi connectivity index (χ2v) is 7.53. The van der Waals surface area contributed by atoms with Gasteiger partial charge in [0.1, 0.15) is 0 Å². The summed E-state index contributed by atoms with van der Waals surface area (Å²) in [6.45, 7) is 0. The summed E-state index contributed by atoms with van der Waals surface area (Å²) in [7, 11) is -5.63. The average Bonchev–Trinajstić information content (AvgIpc) is 2.24. The van der Waals surface area contributed by atoms with E-state index in [0.29, 0.717) is 0 Å². The van der Waals surface area contributed by atoms with Gasteiger partial charge in [-0.3, -0.25) is 0 Å². The Morgan fingerprint density at radius 2 is 1.53 bits per heavy atom. The van der Waals surface area contributed by atoms with Crippen LogP contribution in [0.15, 0.2) is 30.3 Å². The Kier molecular flexibility index (Phi) is 5.01. The third-order valence-corrected chi connectivity index (χ3v) is 3.85. The van der Waals surface area contributed by atoms with Crippen molar-refractivity contribution in [3.63, 3.8) is 0 Å². The van der Waals surface area contributed by atoms with Crippen molar-refractivity contribution in [3.05, 3.63) is 35.9 Å². The molecule has 3 nitrogen and oxygen atoms in total. The molecule has 0 aliphatic rings. The molecular formula is C9H7Cl3F3NO2S. The van der Waals surface area contributed by atoms with E-state index in [1.165, 1.54) is 29.0 Å². The summed E-state index contributed by atoms with van der Waals surface area (Å²) in [5.41, 5.74) is -5.40. The maximum atomic E-state index is 12.3. The topological polar surface area (TPSA) is 46.2 Å². The van der Waals surface area contributed by atoms with E-state index in [2.05, 4.69) is 0 Å². The Morgan fingerprint density at radius 3 is 1.89 bits per heavy atom. The van der Waals surface area contributed by atoms with Gasteiger partial charge in [-0.25, -0.2) is 8.42 Å². The van der Waals surface area contributed by atoms with Crippen molar-refractivity contribution in [2.24, 2.45) is 0 Å². The molecule has 0 spiro atoms. The molecule has 1 N–H and O–H groups in total. The van der Waals surface area contributed by atoms with E-state index < -0.39 is 25.4 Å². The minimum absolute atomic E-state index is 0.0929. The predicted molar refractivity (Wildman–Crippen MR) is 67.6 cm³/mol. The fraction of sp³-hybridized carbons (Fsp3) is 0.333. The summed E-state index contributed by atoms with van der Waals surface area (Å²) in [5.74, 6) is 0. The van der Waals surface area contributed by atoms with E-state index in [4.69, 9.17) is 34.8 Å². The van der Waals surface area contributed by atoms with Crippen LogP contribution in [0.1, 0.15) is 11.6 Å². The molecule has 0 saturated heterocycles. The van der Waals surface area contributed by atoms with Gasteiger partial charge >= 0.3 is 15.5 Å². The van der Waals surface area contributed by atoms with Gasteiger partial charge < -0.3 is 0 Å². The minimum Gasteiger partial charge on any atom is -0.203 e. The van der Waals surface area contributed by atoms with Crippen LogP contribution in [0.2, 0.25) is 0 Å². The van der Waals surface area contributed by atoms with E-state index in [0.717, 1.165) is 0 Å². The molecule has 0 aromatic heterocycles. The van der Waals surface area contributed by atoms with Crippen molar-refractivity contribution in [1.82, 2.24) is 4.72 Å². The number of nitrogens with one attached hydrogen (secondary N) is 1. The molecule has 0 fully saturated rings. The smallest absolute Gasteiger partial charge is 0.203 e. The van der Waals surface area contributed by atoms with Gasteiger partial charge in [-0.2, -0.15) is 17.9 Å². The third-order valence-electron chi connectivity index (χ3n) is 2.04. The molecule has 0 saturated carbocycles. The Balaban J connectivity index is 3.17. The first-order chi connectivity index (χ1) is 8.45. The Bertz CT molecular complexity index is 528. The molecule has 0 radical (unpaired) electrons. The first kappa shape index (κ1) is 16.8. The molecule has 0 heterocycles. The van der Waals surface area contributed by atoms with E-state index in [1.54, 1.807) is 6.07 Å². The zero-order valence-corrected chi connectivity index (χ0v) is 12.0. The third kappa shape index (κ3) is 4.39. The molecule has 1 rings (SSSR count). The number of rotatable bonds is 3. The zero-order chi connectivity index (χ0) is 14.9. The van der Waals surface area contributed by atoms with Crippen LogP contribution in [0.3, 0.4) is 0 Å². The highest BCUT2D eigenvalue weighted by molar-refractivity contribution is 7.90. The van der Waals surface area contributed by atoms with Crippen LogP contribution in [0, 0.1) is 0 Å². The minimum atomic E-state index is -5.63. The first-order valence-corrected chi connectivity index (χ1v) is 7.27. The highest BCUT2D eigenvalue weighted by Gasteiger charge is 2.49. The summed E-state index contributed by atoms with van der Waals surface area (Å²) in [4.78, 5) is 0. The lowest BCUT2D eigenvalue weighted by molar-refractivity contribution is -0.0451. The lowest BCUT2D eigenvalue weighted by Crippen LogP contribution is -2.43. The maximum Gasteiger partial charge on any atom is 0.511 e. The van der Waals surface area contributed by atoms with Gasteiger partial charge in [-0.1, -0.05) is 65.1 Å². The highest BCUT2D eigenvalue weighted by Crippen LogP contribution is 2.41. The summed E-state index contributed by atoms with van der Waals surface area (Å²) >= 11 is 16.6. The van der Waals surface area contributed by atoms with Crippen molar-refractivity contribution in [1.29, 1.82) is 0 Å². The van der Waals surface area contributed by atoms with Crippen LogP contribution < -0.4 is 4.72 Å². The SMILES string of the molecule is O=S(=O)(NC(c1ccccc1)C(Cl)(Cl)Cl)C(F)(F)F. The number of alkyl halides is 6. The van der Waals surface area contributed by atoms with Gasteiger partial charge in [0.2, 0.25) is 3.79 Å². The van der Waals surface area contributed by atoms with Gasteiger partial charge in [-0.15, -0.1) is 0 Å². The van der Waals surface area contributed by atoms with Gasteiger partial charge in [0.15, 0.2) is 0 Å². The summed E-state index contributed by atoms with van der Waals surface area (Å²) < 4.78 is 58.2. The van der Waals surface area contributed by atoms with Crippen LogP contribution in [-0.2, 0) is 10.0 Å². The molecule has 0 amide bonds. The molecular weight excluding hydrogens is 350 g/mol. The molecule has 108 valence electrons. The fourth-order valence-corrected chi connectivity index (χ4v) is 2.68. The first-order valence-electron chi connectivity index (χ1n) is 4.65. The van der Waals surface area contributed by atoms with Crippen molar-refractivity contribution in [2.75, 3.05) is 0 Å². The van der Waals surface area contributed by atoms with Gasteiger partial charge in [0.05, 0.1) is 6.04 Å². The maximum absolute atomic E-state index is 12.3. The zero-order valence-electron chi connectivity index (χ0n) is 8.96. The molecule has 0 bridgehead atoms. The molecule has 1 atom stereocenters. The van der Waals surface area contributed by atoms with E-state index in [9.17, 15) is 21.6 Å². The van der Waals surface area contributed by atoms with E-state index >= 15 is 0 Å². The van der Waals surface area contributed by atoms with Gasteiger partial charge in [-0.05, 0) is 5.56 Å². The van der Waals surface area contributed by atoms with Crippen molar-refractivity contribution in [3.8, 4) is 0 Å². The summed E-state index contributed by atoms with van der Waals surface area (Å²) in [6, 6.07) is 5.54. The number of hydrogen-bond donors (Lipinski definition) is 1. The monoisotopic (exact) mass is 355 g/mol. The van der Waals surface area contributed by atoms with Crippen LogP contribution in [0.25, 0.3) is 0 Å². The average molecular weight is 357 g/mol. The van der Waals surface area contributed by atoms with Crippen molar-refractivity contribution in [2.45, 2.75) is 15.3 Å². The number of hydrogen-bond acceptors (Lipinski definition) is 2. The van der Waals surface area contributed by atoms with Crippen molar-refractivity contribution < 1.29 is 21.6 Å². The largest absolute Gasteiger partial charge is 0.511 e. The van der Waals surface area contributed by atoms with E-state index in [-0.39, 0.29) is 5.56 Å². The second-order valence-electron chi connectivity index (χ2n) is 3.45. The van der Waals surface area contributed by atoms with Gasteiger partial charge in [0, 0.05) is 0 Å². The standard InChI is InChI=1S/C9H7Cl3F3NO2S/c10-8(11,12)7(6-4-2-1-3-5-6)16-19(17,18)9(13,14)15/h1-5,7,16H. The lowest BCUT2D eigenvalue weighted by Gasteiger charge is -2.26. The molecule has 1 aromatic carbocycles. The fourth-order valence-electron chi connectivity index (χ4n) is 1.19. The summed E-state index contributed by atoms with van der Waals surface area (Å²) in [5, 5.41) is 0. The highest BCUT2D eigenvalue weighted by atomic mass is 35.6. The normalized spacial score (nSPS) is 15.3. The van der Waals surface area contributed by atoms with Crippen LogP contribution in [-0.4, -0.2) is 17.7 Å². The van der Waals surface area contributed by atoms with E-state index in [1.807, 2.05) is 0 Å². The molecule has 0 aliphatic heterocycles. The number of sulfonamides is 1. The molecule has 0 aliphatic carbocycles. The Hall–Kier alpha value is -0.210. The van der Waals surface area contributed by atoms with Crippen LogP contribution in [0.4, 0.5) is 13.2 Å².